The largest absolute Gasteiger partial charge is 0.492 e. The quantitative estimate of drug-likeness (QED) is 0.347. The maximum Gasteiger partial charge on any atom is 0.275 e. The monoisotopic (exact) mass is 502 g/mol. The third-order valence-electron chi connectivity index (χ3n) is 6.90. The van der Waals surface area contributed by atoms with Crippen molar-refractivity contribution in [1.82, 2.24) is 18.3 Å². The number of hydrogen-bond acceptors (Lipinski definition) is 5. The summed E-state index contributed by atoms with van der Waals surface area (Å²) >= 11 is 0. The maximum atomic E-state index is 13.5. The molecule has 2 aromatic carbocycles. The molecule has 3 heterocycles. The molecule has 0 saturated heterocycles. The minimum absolute atomic E-state index is 0.106. The number of rotatable bonds is 6. The van der Waals surface area contributed by atoms with E-state index >= 15 is 0 Å². The summed E-state index contributed by atoms with van der Waals surface area (Å²) in [5, 5.41) is 5.83. The topological polar surface area (TPSA) is 88.1 Å². The third kappa shape index (κ3) is 3.53. The molecular formula is C27H26N4O4S. The van der Waals surface area contributed by atoms with E-state index in [4.69, 9.17) is 4.74 Å². The lowest BCUT2D eigenvalue weighted by atomic mass is 10.0. The van der Waals surface area contributed by atoms with Gasteiger partial charge in [0.2, 0.25) is 0 Å². The van der Waals surface area contributed by atoms with Crippen molar-refractivity contribution >= 4 is 31.8 Å². The summed E-state index contributed by atoms with van der Waals surface area (Å²) in [4.78, 5) is 13.4. The van der Waals surface area contributed by atoms with Crippen molar-refractivity contribution in [3.05, 3.63) is 77.0 Å². The van der Waals surface area contributed by atoms with Crippen LogP contribution in [0.1, 0.15) is 18.4 Å². The fraction of sp³-hybridized carbons (Fsp3) is 0.259. The van der Waals surface area contributed by atoms with Crippen molar-refractivity contribution in [2.45, 2.75) is 24.7 Å². The van der Waals surface area contributed by atoms with Crippen LogP contribution >= 0.6 is 0 Å². The normalized spacial score (nSPS) is 14.1. The Morgan fingerprint density at radius 3 is 2.47 bits per heavy atom. The van der Waals surface area contributed by atoms with Gasteiger partial charge >= 0.3 is 0 Å². The van der Waals surface area contributed by atoms with Crippen LogP contribution in [0.15, 0.2) is 70.7 Å². The Hall–Kier alpha value is -3.85. The molecule has 9 heteroatoms. The fourth-order valence-corrected chi connectivity index (χ4v) is 5.97. The first-order valence-corrected chi connectivity index (χ1v) is 13.3. The summed E-state index contributed by atoms with van der Waals surface area (Å²) in [5.41, 5.74) is 3.12. The molecule has 0 unspecified atom stereocenters. The number of hydrogen-bond donors (Lipinski definition) is 0. The molecule has 0 aliphatic heterocycles. The smallest absolute Gasteiger partial charge is 0.275 e. The minimum atomic E-state index is -3.97. The van der Waals surface area contributed by atoms with Crippen LogP contribution in [0.4, 0.5) is 0 Å². The molecule has 5 aromatic rings. The number of nitrogens with zero attached hydrogens (tertiary/aromatic N) is 4. The van der Waals surface area contributed by atoms with E-state index < -0.39 is 15.6 Å². The van der Waals surface area contributed by atoms with Crippen LogP contribution < -0.4 is 10.3 Å². The number of pyridine rings is 1. The van der Waals surface area contributed by atoms with Gasteiger partial charge in [-0.3, -0.25) is 9.48 Å². The van der Waals surface area contributed by atoms with Crippen LogP contribution in [0.25, 0.3) is 32.9 Å². The van der Waals surface area contributed by atoms with Gasteiger partial charge in [0.25, 0.3) is 15.6 Å². The molecule has 1 aliphatic carbocycles. The van der Waals surface area contributed by atoms with Gasteiger partial charge in [0.15, 0.2) is 0 Å². The van der Waals surface area contributed by atoms with Crippen molar-refractivity contribution in [3.63, 3.8) is 0 Å². The predicted octanol–water partition coefficient (Wildman–Crippen LogP) is 4.23. The number of fused-ring (bicyclic) bond motifs is 2. The number of aryl methyl sites for hydroxylation is 3. The molecule has 3 aromatic heterocycles. The van der Waals surface area contributed by atoms with Gasteiger partial charge in [-0.2, -0.15) is 5.10 Å². The highest BCUT2D eigenvalue weighted by atomic mass is 32.2. The average Bonchev–Trinajstić information content (AvgIpc) is 3.45. The SMILES string of the molecule is Cc1ccc(S(=O)(=O)n2ccc3c(-c4ccc5c(cnn5C)c4OCC4CC4)cn(C)c(=O)c32)cc1. The summed E-state index contributed by atoms with van der Waals surface area (Å²) in [7, 11) is -0.458. The third-order valence-corrected chi connectivity index (χ3v) is 8.59. The van der Waals surface area contributed by atoms with Crippen LogP contribution in [-0.4, -0.2) is 33.3 Å². The van der Waals surface area contributed by atoms with Crippen LogP contribution in [0.3, 0.4) is 0 Å². The zero-order valence-corrected chi connectivity index (χ0v) is 21.1. The maximum absolute atomic E-state index is 13.5. The molecule has 184 valence electrons. The molecule has 0 radical (unpaired) electrons. The van der Waals surface area contributed by atoms with Crippen molar-refractivity contribution in [1.29, 1.82) is 0 Å². The average molecular weight is 503 g/mol. The Bertz CT molecular complexity index is 1810. The Kier molecular flexibility index (Phi) is 5.08. The second-order valence-electron chi connectivity index (χ2n) is 9.55. The van der Waals surface area contributed by atoms with E-state index in [2.05, 4.69) is 5.10 Å². The molecule has 1 aliphatic rings. The molecule has 0 spiro atoms. The summed E-state index contributed by atoms with van der Waals surface area (Å²) in [6, 6.07) is 12.2. The lowest BCUT2D eigenvalue weighted by Gasteiger charge is -2.15. The summed E-state index contributed by atoms with van der Waals surface area (Å²) in [5.74, 6) is 1.24. The highest BCUT2D eigenvalue weighted by Gasteiger charge is 2.26. The second kappa shape index (κ2) is 8.09. The van der Waals surface area contributed by atoms with Gasteiger partial charge < -0.3 is 9.30 Å². The van der Waals surface area contributed by atoms with E-state index in [0.717, 1.165) is 44.4 Å². The Morgan fingerprint density at radius 2 is 1.75 bits per heavy atom. The minimum Gasteiger partial charge on any atom is -0.492 e. The highest BCUT2D eigenvalue weighted by Crippen LogP contribution is 2.41. The van der Waals surface area contributed by atoms with E-state index in [9.17, 15) is 13.2 Å². The van der Waals surface area contributed by atoms with E-state index in [1.807, 2.05) is 26.1 Å². The molecule has 0 N–H and O–H groups in total. The Labute approximate surface area is 208 Å². The van der Waals surface area contributed by atoms with E-state index in [0.29, 0.717) is 23.7 Å². The molecule has 1 fully saturated rings. The molecule has 36 heavy (non-hydrogen) atoms. The van der Waals surface area contributed by atoms with Gasteiger partial charge in [-0.05, 0) is 56.0 Å². The van der Waals surface area contributed by atoms with E-state index in [-0.39, 0.29) is 10.4 Å². The second-order valence-corrected chi connectivity index (χ2v) is 11.4. The van der Waals surface area contributed by atoms with Crippen molar-refractivity contribution in [3.8, 4) is 16.9 Å². The molecule has 1 saturated carbocycles. The van der Waals surface area contributed by atoms with Gasteiger partial charge in [-0.15, -0.1) is 0 Å². The zero-order valence-electron chi connectivity index (χ0n) is 20.3. The summed E-state index contributed by atoms with van der Waals surface area (Å²) in [6.07, 6.45) is 7.30. The van der Waals surface area contributed by atoms with Gasteiger partial charge in [-0.1, -0.05) is 17.7 Å². The molecular weight excluding hydrogens is 476 g/mol. The predicted molar refractivity (Wildman–Crippen MR) is 139 cm³/mol. The first kappa shape index (κ1) is 22.6. The van der Waals surface area contributed by atoms with Crippen molar-refractivity contribution < 1.29 is 13.2 Å². The lowest BCUT2D eigenvalue weighted by Crippen LogP contribution is -2.22. The number of aromatic nitrogens is 4. The van der Waals surface area contributed by atoms with E-state index in [1.165, 1.54) is 10.8 Å². The molecule has 0 bridgehead atoms. The Morgan fingerprint density at radius 1 is 1.00 bits per heavy atom. The standard InChI is InChI=1S/C27H26N4O4S/c1-17-4-8-19(9-5-17)36(33,34)31-13-12-20-23(15-29(2)27(32)25(20)31)21-10-11-24-22(14-28-30(24)3)26(21)35-16-18-6-7-18/h4-5,8-15,18H,6-7,16H2,1-3H3. The highest BCUT2D eigenvalue weighted by molar-refractivity contribution is 7.90. The zero-order chi connectivity index (χ0) is 25.2. The summed E-state index contributed by atoms with van der Waals surface area (Å²) < 4.78 is 37.7. The van der Waals surface area contributed by atoms with Crippen LogP contribution in [0, 0.1) is 12.8 Å². The first-order valence-electron chi connectivity index (χ1n) is 11.9. The molecule has 6 rings (SSSR count). The van der Waals surface area contributed by atoms with Crippen LogP contribution in [0.2, 0.25) is 0 Å². The van der Waals surface area contributed by atoms with Crippen LogP contribution in [0.5, 0.6) is 5.75 Å². The van der Waals surface area contributed by atoms with Crippen molar-refractivity contribution in [2.75, 3.05) is 6.61 Å². The van der Waals surface area contributed by atoms with Gasteiger partial charge in [0.05, 0.1) is 28.6 Å². The molecule has 8 nitrogen and oxygen atoms in total. The molecule has 0 atom stereocenters. The van der Waals surface area contributed by atoms with E-state index in [1.54, 1.807) is 54.5 Å². The number of ether oxygens (including phenoxy) is 1. The van der Waals surface area contributed by atoms with Crippen LogP contribution in [-0.2, 0) is 24.1 Å². The van der Waals surface area contributed by atoms with Gasteiger partial charge in [-0.25, -0.2) is 12.4 Å². The lowest BCUT2D eigenvalue weighted by molar-refractivity contribution is 0.304. The van der Waals surface area contributed by atoms with Gasteiger partial charge in [0.1, 0.15) is 11.3 Å². The first-order chi connectivity index (χ1) is 17.3. The molecule has 0 amide bonds. The number of benzene rings is 2. The fourth-order valence-electron chi connectivity index (χ4n) is 4.62. The van der Waals surface area contributed by atoms with Gasteiger partial charge in [0, 0.05) is 43.0 Å². The Balaban J connectivity index is 1.59. The summed E-state index contributed by atoms with van der Waals surface area (Å²) in [6.45, 7) is 2.50. The van der Waals surface area contributed by atoms with Crippen molar-refractivity contribution in [2.24, 2.45) is 20.0 Å².